The summed E-state index contributed by atoms with van der Waals surface area (Å²) in [5, 5.41) is 2.97. The summed E-state index contributed by atoms with van der Waals surface area (Å²) in [7, 11) is 3.92. The minimum Gasteiger partial charge on any atom is -0.352 e. The van der Waals surface area contributed by atoms with Crippen LogP contribution in [0.25, 0.3) is 0 Å². The highest BCUT2D eigenvalue weighted by molar-refractivity contribution is 5.76. The highest BCUT2D eigenvalue weighted by Gasteiger charge is 2.22. The Balaban J connectivity index is 1.97. The molecule has 1 N–H and O–H groups in total. The van der Waals surface area contributed by atoms with E-state index in [-0.39, 0.29) is 36.4 Å². The van der Waals surface area contributed by atoms with Gasteiger partial charge >= 0.3 is 0 Å². The maximum Gasteiger partial charge on any atom is 0.220 e. The van der Waals surface area contributed by atoms with E-state index in [2.05, 4.69) is 5.32 Å². The van der Waals surface area contributed by atoms with E-state index in [9.17, 15) is 13.6 Å². The van der Waals surface area contributed by atoms with E-state index in [0.29, 0.717) is 0 Å². The van der Waals surface area contributed by atoms with E-state index in [1.165, 1.54) is 0 Å². The topological polar surface area (TPSA) is 32.3 Å². The third-order valence-corrected chi connectivity index (χ3v) is 4.19. The molecule has 0 spiro atoms. The van der Waals surface area contributed by atoms with Crippen LogP contribution in [-0.2, 0) is 11.2 Å². The standard InChI is InChI=1S/C20H24F2N2O/c1-14(20(24(2)3)15-7-5-4-6-8-15)23-19(25)12-9-16-13-17(21)10-11-18(16)22/h4-8,10-11,13-14,20H,9,12H2,1-3H3,(H,23,25)/t14-,20-/m0/s1. The molecule has 0 aliphatic rings. The molecule has 0 aliphatic carbocycles. The van der Waals surface area contributed by atoms with Crippen LogP contribution in [-0.4, -0.2) is 30.9 Å². The predicted molar refractivity (Wildman–Crippen MR) is 95.2 cm³/mol. The van der Waals surface area contributed by atoms with Crippen molar-refractivity contribution in [3.05, 3.63) is 71.3 Å². The molecule has 2 atom stereocenters. The molecule has 0 saturated carbocycles. The lowest BCUT2D eigenvalue weighted by Crippen LogP contribution is -2.42. The zero-order valence-electron chi connectivity index (χ0n) is 14.8. The number of nitrogens with zero attached hydrogens (tertiary/aromatic N) is 1. The van der Waals surface area contributed by atoms with Crippen molar-refractivity contribution in [3.63, 3.8) is 0 Å². The zero-order valence-corrected chi connectivity index (χ0v) is 14.8. The molecule has 0 saturated heterocycles. The second-order valence-corrected chi connectivity index (χ2v) is 6.41. The molecule has 2 rings (SSSR count). The summed E-state index contributed by atoms with van der Waals surface area (Å²) in [6.07, 6.45) is 0.278. The lowest BCUT2D eigenvalue weighted by molar-refractivity contribution is -0.122. The summed E-state index contributed by atoms with van der Waals surface area (Å²) in [4.78, 5) is 14.3. The maximum atomic E-state index is 13.6. The van der Waals surface area contributed by atoms with Crippen molar-refractivity contribution in [3.8, 4) is 0 Å². The number of aryl methyl sites for hydroxylation is 1. The molecule has 25 heavy (non-hydrogen) atoms. The molecule has 3 nitrogen and oxygen atoms in total. The first kappa shape index (κ1) is 19.1. The average molecular weight is 346 g/mol. The van der Waals surface area contributed by atoms with Gasteiger partial charge in [-0.05, 0) is 56.8 Å². The number of nitrogens with one attached hydrogen (secondary N) is 1. The molecule has 2 aromatic rings. The molecular formula is C20H24F2N2O. The molecule has 5 heteroatoms. The summed E-state index contributed by atoms with van der Waals surface area (Å²) in [5.41, 5.74) is 1.33. The summed E-state index contributed by atoms with van der Waals surface area (Å²) < 4.78 is 26.8. The minimum atomic E-state index is -0.498. The number of hydrogen-bond acceptors (Lipinski definition) is 2. The SMILES string of the molecule is C[C@H](NC(=O)CCc1cc(F)ccc1F)[C@@H](c1ccccc1)N(C)C. The van der Waals surface area contributed by atoms with Crippen LogP contribution < -0.4 is 5.32 Å². The molecule has 1 amide bonds. The Labute approximate surface area is 147 Å². The van der Waals surface area contributed by atoms with Gasteiger partial charge in [-0.3, -0.25) is 4.79 Å². The Hall–Kier alpha value is -2.27. The van der Waals surface area contributed by atoms with Gasteiger partial charge in [0, 0.05) is 12.5 Å². The Morgan fingerprint density at radius 3 is 2.44 bits per heavy atom. The summed E-state index contributed by atoms with van der Waals surface area (Å²) in [6.45, 7) is 1.94. The van der Waals surface area contributed by atoms with Crippen molar-refractivity contribution < 1.29 is 13.6 Å². The highest BCUT2D eigenvalue weighted by Crippen LogP contribution is 2.22. The molecule has 0 fully saturated rings. The Bertz CT molecular complexity index is 704. The molecule has 0 aromatic heterocycles. The molecular weight excluding hydrogens is 322 g/mol. The Morgan fingerprint density at radius 2 is 1.80 bits per heavy atom. The number of likely N-dealkylation sites (N-methyl/N-ethyl adjacent to an activating group) is 1. The fourth-order valence-corrected chi connectivity index (χ4v) is 3.07. The highest BCUT2D eigenvalue weighted by atomic mass is 19.1. The van der Waals surface area contributed by atoms with Crippen LogP contribution in [0.5, 0.6) is 0 Å². The third-order valence-electron chi connectivity index (χ3n) is 4.19. The first-order valence-corrected chi connectivity index (χ1v) is 8.33. The van der Waals surface area contributed by atoms with Gasteiger partial charge in [-0.1, -0.05) is 30.3 Å². The largest absolute Gasteiger partial charge is 0.352 e. The van der Waals surface area contributed by atoms with Gasteiger partial charge in [0.2, 0.25) is 5.91 Å². The van der Waals surface area contributed by atoms with Crippen LogP contribution in [0.15, 0.2) is 48.5 Å². The monoisotopic (exact) mass is 346 g/mol. The number of rotatable bonds is 7. The first-order valence-electron chi connectivity index (χ1n) is 8.33. The lowest BCUT2D eigenvalue weighted by Gasteiger charge is -2.31. The second-order valence-electron chi connectivity index (χ2n) is 6.41. The summed E-state index contributed by atoms with van der Waals surface area (Å²) >= 11 is 0. The lowest BCUT2D eigenvalue weighted by atomic mass is 9.99. The van der Waals surface area contributed by atoms with Gasteiger partial charge in [0.1, 0.15) is 11.6 Å². The molecule has 134 valence electrons. The van der Waals surface area contributed by atoms with Crippen LogP contribution in [0.1, 0.15) is 30.5 Å². The molecule has 0 aliphatic heterocycles. The van der Waals surface area contributed by atoms with Crippen molar-refractivity contribution in [2.75, 3.05) is 14.1 Å². The predicted octanol–water partition coefficient (Wildman–Crippen LogP) is 3.71. The summed E-state index contributed by atoms with van der Waals surface area (Å²) in [6, 6.07) is 13.1. The van der Waals surface area contributed by atoms with Gasteiger partial charge in [0.05, 0.1) is 6.04 Å². The smallest absolute Gasteiger partial charge is 0.220 e. The number of amides is 1. The third kappa shape index (κ3) is 5.36. The number of carbonyl (C=O) groups excluding carboxylic acids is 1. The van der Waals surface area contributed by atoms with Gasteiger partial charge in [0.25, 0.3) is 0 Å². The molecule has 0 heterocycles. The normalized spacial score (nSPS) is 13.5. The van der Waals surface area contributed by atoms with E-state index in [0.717, 1.165) is 23.8 Å². The number of benzene rings is 2. The van der Waals surface area contributed by atoms with E-state index in [1.807, 2.05) is 56.3 Å². The van der Waals surface area contributed by atoms with Crippen LogP contribution in [0.2, 0.25) is 0 Å². The van der Waals surface area contributed by atoms with Gasteiger partial charge in [0.15, 0.2) is 0 Å². The first-order chi connectivity index (χ1) is 11.9. The number of hydrogen-bond donors (Lipinski definition) is 1. The fourth-order valence-electron chi connectivity index (χ4n) is 3.07. The second kappa shape index (κ2) is 8.72. The van der Waals surface area contributed by atoms with Crippen LogP contribution in [0.4, 0.5) is 8.78 Å². The zero-order chi connectivity index (χ0) is 18.4. The van der Waals surface area contributed by atoms with Crippen LogP contribution in [0.3, 0.4) is 0 Å². The van der Waals surface area contributed by atoms with Crippen molar-refractivity contribution in [1.82, 2.24) is 10.2 Å². The van der Waals surface area contributed by atoms with E-state index in [4.69, 9.17) is 0 Å². The summed E-state index contributed by atoms with van der Waals surface area (Å²) in [5.74, 6) is -1.17. The molecule has 0 radical (unpaired) electrons. The molecule has 2 aromatic carbocycles. The van der Waals surface area contributed by atoms with Crippen molar-refractivity contribution in [2.24, 2.45) is 0 Å². The van der Waals surface area contributed by atoms with Gasteiger partial charge < -0.3 is 10.2 Å². The number of carbonyl (C=O) groups is 1. The number of halogens is 2. The minimum absolute atomic E-state index is 0.0241. The average Bonchev–Trinajstić information content (AvgIpc) is 2.56. The van der Waals surface area contributed by atoms with Gasteiger partial charge in [-0.25, -0.2) is 8.78 Å². The Kier molecular flexibility index (Phi) is 6.65. The van der Waals surface area contributed by atoms with Gasteiger partial charge in [-0.15, -0.1) is 0 Å². The van der Waals surface area contributed by atoms with E-state index in [1.54, 1.807) is 0 Å². The quantitative estimate of drug-likeness (QED) is 0.829. The van der Waals surface area contributed by atoms with Crippen LogP contribution in [0, 0.1) is 11.6 Å². The fraction of sp³-hybridized carbons (Fsp3) is 0.350. The molecule has 0 bridgehead atoms. The van der Waals surface area contributed by atoms with Gasteiger partial charge in [-0.2, -0.15) is 0 Å². The van der Waals surface area contributed by atoms with Crippen molar-refractivity contribution in [2.45, 2.75) is 31.8 Å². The molecule has 0 unspecified atom stereocenters. The van der Waals surface area contributed by atoms with E-state index >= 15 is 0 Å². The van der Waals surface area contributed by atoms with E-state index < -0.39 is 11.6 Å². The van der Waals surface area contributed by atoms with Crippen LogP contribution >= 0.6 is 0 Å². The maximum absolute atomic E-state index is 13.6. The Morgan fingerprint density at radius 1 is 1.12 bits per heavy atom. The van der Waals surface area contributed by atoms with Crippen molar-refractivity contribution >= 4 is 5.91 Å². The van der Waals surface area contributed by atoms with Crippen molar-refractivity contribution in [1.29, 1.82) is 0 Å².